The van der Waals surface area contributed by atoms with Crippen molar-refractivity contribution in [1.82, 2.24) is 0 Å². The average Bonchev–Trinajstić information content (AvgIpc) is 3.07. The van der Waals surface area contributed by atoms with Crippen LogP contribution in [0.5, 0.6) is 0 Å². The van der Waals surface area contributed by atoms with E-state index < -0.39 is 35.2 Å². The molecule has 0 aromatic carbocycles. The zero-order chi connectivity index (χ0) is 35.0. The van der Waals surface area contributed by atoms with E-state index in [2.05, 4.69) is 20.8 Å². The van der Waals surface area contributed by atoms with Gasteiger partial charge in [0.2, 0.25) is 5.60 Å². The Labute approximate surface area is 290 Å². The van der Waals surface area contributed by atoms with Crippen LogP contribution in [0.3, 0.4) is 0 Å². The number of unbranched alkanes of at least 4 members (excludes halogenated alkanes) is 26. The van der Waals surface area contributed by atoms with Crippen LogP contribution in [0.25, 0.3) is 0 Å². The second-order valence-corrected chi connectivity index (χ2v) is 14.4. The van der Waals surface area contributed by atoms with Crippen molar-refractivity contribution < 1.29 is 29.7 Å². The zero-order valence-electron chi connectivity index (χ0n) is 31.3. The molecule has 2 unspecified atom stereocenters. The van der Waals surface area contributed by atoms with Crippen molar-refractivity contribution >= 4 is 17.3 Å². The van der Waals surface area contributed by atoms with Crippen LogP contribution in [0, 0.1) is 0 Å². The number of Topliss-reactive ketones (excluding diaryl/α,β-unsaturated/α-hetero) is 3. The van der Waals surface area contributed by atoms with Crippen LogP contribution in [0.2, 0.25) is 0 Å². The summed E-state index contributed by atoms with van der Waals surface area (Å²) in [5.41, 5.74) is -2.74. The van der Waals surface area contributed by atoms with Crippen LogP contribution in [-0.4, -0.2) is 50.5 Å². The van der Waals surface area contributed by atoms with E-state index in [9.17, 15) is 29.7 Å². The van der Waals surface area contributed by atoms with Crippen LogP contribution >= 0.6 is 0 Å². The molecule has 6 heteroatoms. The first-order valence-corrected chi connectivity index (χ1v) is 20.4. The lowest BCUT2D eigenvalue weighted by Crippen LogP contribution is -2.61. The monoisotopic (exact) mass is 667 g/mol. The van der Waals surface area contributed by atoms with Crippen LogP contribution in [0.15, 0.2) is 0 Å². The highest BCUT2D eigenvalue weighted by Gasteiger charge is 2.52. The lowest BCUT2D eigenvalue weighted by atomic mass is 9.79. The molecule has 0 rings (SSSR count). The first-order chi connectivity index (χ1) is 22.8. The largest absolute Gasteiger partial charge is 0.386 e. The summed E-state index contributed by atoms with van der Waals surface area (Å²) in [5.74, 6) is -2.15. The van der Waals surface area contributed by atoms with Crippen molar-refractivity contribution in [3.8, 4) is 0 Å². The van der Waals surface area contributed by atoms with Gasteiger partial charge in [-0.05, 0) is 19.3 Å². The highest BCUT2D eigenvalue weighted by molar-refractivity contribution is 6.11. The van der Waals surface area contributed by atoms with Crippen molar-refractivity contribution in [1.29, 1.82) is 0 Å². The molecule has 2 atom stereocenters. The van der Waals surface area contributed by atoms with Gasteiger partial charge < -0.3 is 15.3 Å². The zero-order valence-corrected chi connectivity index (χ0v) is 31.3. The summed E-state index contributed by atoms with van der Waals surface area (Å²) in [6.07, 6.45) is 27.3. The lowest BCUT2D eigenvalue weighted by molar-refractivity contribution is -0.174. The van der Waals surface area contributed by atoms with Crippen molar-refractivity contribution in [3.05, 3.63) is 0 Å². The number of hydrogen-bond acceptors (Lipinski definition) is 6. The van der Waals surface area contributed by atoms with E-state index in [1.54, 1.807) is 0 Å². The Hall–Kier alpha value is -1.11. The minimum Gasteiger partial charge on any atom is -0.386 e. The summed E-state index contributed by atoms with van der Waals surface area (Å²) in [6.45, 7) is 6.62. The molecule has 0 aliphatic heterocycles. The Kier molecular flexibility index (Phi) is 31.4. The Morgan fingerprint density at radius 2 is 0.638 bits per heavy atom. The number of hydrogen-bond donors (Lipinski definition) is 3. The molecule has 47 heavy (non-hydrogen) atoms. The van der Waals surface area contributed by atoms with E-state index in [-0.39, 0.29) is 19.3 Å². The minimum absolute atomic E-state index is 0.0492. The molecule has 3 N–H and O–H groups in total. The van der Waals surface area contributed by atoms with Gasteiger partial charge in [0.1, 0.15) is 12.2 Å². The van der Waals surface area contributed by atoms with E-state index in [1.165, 1.54) is 109 Å². The summed E-state index contributed by atoms with van der Waals surface area (Å²) in [5, 5.41) is 33.3. The second-order valence-electron chi connectivity index (χ2n) is 14.4. The molecule has 0 aromatic rings. The van der Waals surface area contributed by atoms with Gasteiger partial charge in [-0.15, -0.1) is 0 Å². The number of rotatable bonds is 37. The number of aliphatic hydroxyl groups excluding tert-OH is 2. The first-order valence-electron chi connectivity index (χ1n) is 20.4. The fourth-order valence-corrected chi connectivity index (χ4v) is 6.57. The van der Waals surface area contributed by atoms with Crippen LogP contribution in [0.4, 0.5) is 0 Å². The van der Waals surface area contributed by atoms with E-state index in [4.69, 9.17) is 0 Å². The van der Waals surface area contributed by atoms with Gasteiger partial charge in [0, 0.05) is 19.3 Å². The van der Waals surface area contributed by atoms with Crippen molar-refractivity contribution in [2.24, 2.45) is 0 Å². The minimum atomic E-state index is -2.74. The Bertz CT molecular complexity index is 716. The second kappa shape index (κ2) is 32.1. The maximum atomic E-state index is 13.3. The summed E-state index contributed by atoms with van der Waals surface area (Å²) in [6, 6.07) is 0. The van der Waals surface area contributed by atoms with Crippen LogP contribution in [-0.2, 0) is 14.4 Å². The van der Waals surface area contributed by atoms with E-state index in [1.807, 2.05) is 0 Å². The highest BCUT2D eigenvalue weighted by atomic mass is 16.4. The third-order valence-electron chi connectivity index (χ3n) is 9.95. The molecule has 0 saturated carbocycles. The van der Waals surface area contributed by atoms with Crippen LogP contribution < -0.4 is 0 Å². The maximum Gasteiger partial charge on any atom is 0.210 e. The molecule has 0 aliphatic rings. The molecule has 0 aliphatic carbocycles. The van der Waals surface area contributed by atoms with E-state index in [0.29, 0.717) is 19.3 Å². The smallest absolute Gasteiger partial charge is 0.210 e. The third kappa shape index (κ3) is 23.0. The number of aliphatic hydroxyl groups is 3. The highest BCUT2D eigenvalue weighted by Crippen LogP contribution is 2.25. The number of carbonyl (C=O) groups is 3. The Balaban J connectivity index is 4.87. The van der Waals surface area contributed by atoms with Gasteiger partial charge in [-0.2, -0.15) is 0 Å². The first kappa shape index (κ1) is 45.9. The molecule has 278 valence electrons. The topological polar surface area (TPSA) is 112 Å². The molecule has 0 saturated heterocycles. The summed E-state index contributed by atoms with van der Waals surface area (Å²) < 4.78 is 0. The maximum absolute atomic E-state index is 13.3. The van der Waals surface area contributed by atoms with Crippen LogP contribution in [0.1, 0.15) is 226 Å². The van der Waals surface area contributed by atoms with E-state index >= 15 is 0 Å². The quantitative estimate of drug-likeness (QED) is 0.0449. The molecule has 0 radical (unpaired) electrons. The van der Waals surface area contributed by atoms with Crippen molar-refractivity contribution in [3.63, 3.8) is 0 Å². The lowest BCUT2D eigenvalue weighted by Gasteiger charge is -2.32. The molecule has 0 amide bonds. The van der Waals surface area contributed by atoms with E-state index in [0.717, 1.165) is 57.8 Å². The normalized spacial score (nSPS) is 13.1. The van der Waals surface area contributed by atoms with Gasteiger partial charge in [0.05, 0.1) is 0 Å². The molecule has 0 bridgehead atoms. The SMILES string of the molecule is CCCCCCCCCCCCCC(=O)C(O)C(O)C(O)(C(=O)CCCCCCCCCCC)C(=O)CCCCCCCCCCC. The summed E-state index contributed by atoms with van der Waals surface area (Å²) in [7, 11) is 0. The van der Waals surface area contributed by atoms with Crippen molar-refractivity contribution in [2.75, 3.05) is 0 Å². The van der Waals surface area contributed by atoms with Gasteiger partial charge in [0.25, 0.3) is 0 Å². The number of carbonyl (C=O) groups excluding carboxylic acids is 3. The summed E-state index contributed by atoms with van der Waals surface area (Å²) in [4.78, 5) is 39.5. The Morgan fingerprint density at radius 3 is 0.915 bits per heavy atom. The molecule has 6 nitrogen and oxygen atoms in total. The third-order valence-corrected chi connectivity index (χ3v) is 9.95. The fourth-order valence-electron chi connectivity index (χ4n) is 6.57. The predicted octanol–water partition coefficient (Wildman–Crippen LogP) is 10.7. The molecule has 0 heterocycles. The Morgan fingerprint density at radius 1 is 0.404 bits per heavy atom. The molecule has 0 fully saturated rings. The van der Waals surface area contributed by atoms with Gasteiger partial charge in [-0.25, -0.2) is 0 Å². The number of ketones is 3. The molecule has 0 spiro atoms. The van der Waals surface area contributed by atoms with Gasteiger partial charge in [-0.3, -0.25) is 14.4 Å². The standard InChI is InChI=1S/C41H78O6/c1-4-7-10-13-16-19-20-23-24-27-30-33-36(42)39(45)40(46)41(47,37(43)34-31-28-25-21-17-14-11-8-5-2)38(44)35-32-29-26-22-18-15-12-9-6-3/h39-40,45-47H,4-35H2,1-3H3. The van der Waals surface area contributed by atoms with Gasteiger partial charge in [-0.1, -0.05) is 188 Å². The average molecular weight is 667 g/mol. The molecule has 0 aromatic heterocycles. The molecular weight excluding hydrogens is 588 g/mol. The van der Waals surface area contributed by atoms with Crippen molar-refractivity contribution in [2.45, 2.75) is 244 Å². The predicted molar refractivity (Wildman–Crippen MR) is 197 cm³/mol. The van der Waals surface area contributed by atoms with Gasteiger partial charge >= 0.3 is 0 Å². The summed E-state index contributed by atoms with van der Waals surface area (Å²) >= 11 is 0. The van der Waals surface area contributed by atoms with Gasteiger partial charge in [0.15, 0.2) is 17.3 Å². The fraction of sp³-hybridized carbons (Fsp3) is 0.927. The molecular formula is C41H78O6.